The van der Waals surface area contributed by atoms with Crippen molar-refractivity contribution in [3.8, 4) is 5.75 Å². The maximum atomic E-state index is 12.9. The molecule has 2 aromatic heterocycles. The summed E-state index contributed by atoms with van der Waals surface area (Å²) in [5, 5.41) is 2.83. The molecule has 0 amide bonds. The summed E-state index contributed by atoms with van der Waals surface area (Å²) >= 11 is 0. The molecule has 4 rings (SSSR count). The summed E-state index contributed by atoms with van der Waals surface area (Å²) in [6, 6.07) is 9.39. The minimum Gasteiger partial charge on any atom is -0.489 e. The summed E-state index contributed by atoms with van der Waals surface area (Å²) in [6.45, 7) is 2.24. The van der Waals surface area contributed by atoms with Crippen molar-refractivity contribution in [2.24, 2.45) is 0 Å². The second-order valence-electron chi connectivity index (χ2n) is 5.96. The van der Waals surface area contributed by atoms with Gasteiger partial charge in [-0.05, 0) is 30.7 Å². The third kappa shape index (κ3) is 3.03. The normalized spacial score (nSPS) is 18.3. The monoisotopic (exact) mass is 328 g/mol. The summed E-state index contributed by atoms with van der Waals surface area (Å²) in [7, 11) is 0. The summed E-state index contributed by atoms with van der Waals surface area (Å²) in [6.07, 6.45) is 2.64. The molecule has 1 aromatic carbocycles. The Labute approximate surface area is 137 Å². The van der Waals surface area contributed by atoms with E-state index >= 15 is 0 Å². The van der Waals surface area contributed by atoms with E-state index in [-0.39, 0.29) is 17.5 Å². The minimum atomic E-state index is -0.270. The Morgan fingerprint density at radius 3 is 2.96 bits per heavy atom. The number of halogens is 1. The van der Waals surface area contributed by atoms with Gasteiger partial charge in [0, 0.05) is 38.0 Å². The van der Waals surface area contributed by atoms with Gasteiger partial charge in [-0.3, -0.25) is 14.8 Å². The number of fused-ring (bicyclic) bond motifs is 1. The van der Waals surface area contributed by atoms with Gasteiger partial charge in [-0.25, -0.2) is 13.9 Å². The topological polar surface area (TPSA) is 62.6 Å². The summed E-state index contributed by atoms with van der Waals surface area (Å²) in [5.74, 6) is 0.404. The molecule has 1 atom stereocenters. The average Bonchev–Trinajstić information content (AvgIpc) is 3.19. The fourth-order valence-corrected chi connectivity index (χ4v) is 3.03. The zero-order valence-corrected chi connectivity index (χ0v) is 13.0. The largest absolute Gasteiger partial charge is 0.489 e. The lowest BCUT2D eigenvalue weighted by Crippen LogP contribution is -2.26. The van der Waals surface area contributed by atoms with Crippen LogP contribution in [0.2, 0.25) is 0 Å². The molecule has 1 aliphatic rings. The highest BCUT2D eigenvalue weighted by atomic mass is 19.1. The van der Waals surface area contributed by atoms with E-state index in [4.69, 9.17) is 4.74 Å². The maximum absolute atomic E-state index is 12.9. The molecular formula is C17H17FN4O2. The van der Waals surface area contributed by atoms with Crippen molar-refractivity contribution < 1.29 is 9.13 Å². The van der Waals surface area contributed by atoms with Crippen molar-refractivity contribution in [3.05, 3.63) is 64.5 Å². The van der Waals surface area contributed by atoms with Crippen LogP contribution in [-0.2, 0) is 6.54 Å². The molecular weight excluding hydrogens is 311 g/mol. The highest BCUT2D eigenvalue weighted by Gasteiger charge is 2.24. The number of likely N-dealkylation sites (tertiary alicyclic amines) is 1. The van der Waals surface area contributed by atoms with Gasteiger partial charge >= 0.3 is 0 Å². The van der Waals surface area contributed by atoms with Crippen LogP contribution in [0.1, 0.15) is 12.1 Å². The van der Waals surface area contributed by atoms with E-state index in [1.165, 1.54) is 16.6 Å². The van der Waals surface area contributed by atoms with Crippen LogP contribution in [0.4, 0.5) is 4.39 Å². The predicted octanol–water partition coefficient (Wildman–Crippen LogP) is 1.81. The number of aromatic nitrogens is 3. The van der Waals surface area contributed by atoms with E-state index in [0.717, 1.165) is 25.2 Å². The van der Waals surface area contributed by atoms with E-state index in [9.17, 15) is 9.18 Å². The molecule has 6 nitrogen and oxygen atoms in total. The highest BCUT2D eigenvalue weighted by Crippen LogP contribution is 2.19. The number of ether oxygens (including phenoxy) is 1. The molecule has 1 saturated heterocycles. The van der Waals surface area contributed by atoms with Gasteiger partial charge in [0.25, 0.3) is 5.56 Å². The predicted molar refractivity (Wildman–Crippen MR) is 86.5 cm³/mol. The smallest absolute Gasteiger partial charge is 0.272 e. The fourth-order valence-electron chi connectivity index (χ4n) is 3.03. The minimum absolute atomic E-state index is 0.0625. The molecule has 0 aliphatic carbocycles. The van der Waals surface area contributed by atoms with Crippen LogP contribution < -0.4 is 10.3 Å². The van der Waals surface area contributed by atoms with Gasteiger partial charge in [-0.1, -0.05) is 0 Å². The molecule has 1 aliphatic heterocycles. The zero-order chi connectivity index (χ0) is 16.5. The van der Waals surface area contributed by atoms with E-state index < -0.39 is 0 Å². The lowest BCUT2D eigenvalue weighted by atomic mass is 10.3. The molecule has 1 N–H and O–H groups in total. The lowest BCUT2D eigenvalue weighted by Gasteiger charge is -2.16. The quantitative estimate of drug-likeness (QED) is 0.793. The first kappa shape index (κ1) is 14.9. The molecule has 3 heterocycles. The van der Waals surface area contributed by atoms with E-state index in [0.29, 0.717) is 17.9 Å². The second-order valence-corrected chi connectivity index (χ2v) is 5.96. The van der Waals surface area contributed by atoms with Crippen molar-refractivity contribution in [3.63, 3.8) is 0 Å². The fraction of sp³-hybridized carbons (Fsp3) is 0.294. The molecule has 24 heavy (non-hydrogen) atoms. The zero-order valence-electron chi connectivity index (χ0n) is 13.0. The Bertz CT molecular complexity index is 903. The summed E-state index contributed by atoms with van der Waals surface area (Å²) in [4.78, 5) is 18.7. The Balaban J connectivity index is 1.41. The van der Waals surface area contributed by atoms with E-state index in [1.54, 1.807) is 30.5 Å². The number of nitrogens with zero attached hydrogens (tertiary/aromatic N) is 3. The molecule has 3 aromatic rings. The molecule has 1 unspecified atom stereocenters. The van der Waals surface area contributed by atoms with Gasteiger partial charge < -0.3 is 4.74 Å². The Morgan fingerprint density at radius 2 is 2.12 bits per heavy atom. The molecule has 0 bridgehead atoms. The molecule has 0 saturated carbocycles. The first-order chi connectivity index (χ1) is 11.7. The first-order valence-corrected chi connectivity index (χ1v) is 7.88. The number of nitrogens with one attached hydrogen (secondary N) is 1. The lowest BCUT2D eigenvalue weighted by molar-refractivity contribution is 0.197. The van der Waals surface area contributed by atoms with Crippen molar-refractivity contribution >= 4 is 5.65 Å². The molecule has 1 fully saturated rings. The summed E-state index contributed by atoms with van der Waals surface area (Å²) < 4.78 is 20.2. The molecule has 7 heteroatoms. The van der Waals surface area contributed by atoms with Crippen LogP contribution in [-0.4, -0.2) is 38.7 Å². The molecule has 124 valence electrons. The van der Waals surface area contributed by atoms with Gasteiger partial charge in [-0.15, -0.1) is 0 Å². The Kier molecular flexibility index (Phi) is 3.78. The second kappa shape index (κ2) is 6.09. The van der Waals surface area contributed by atoms with Crippen molar-refractivity contribution in [2.45, 2.75) is 19.1 Å². The van der Waals surface area contributed by atoms with Crippen LogP contribution in [0.5, 0.6) is 5.75 Å². The third-order valence-corrected chi connectivity index (χ3v) is 4.16. The van der Waals surface area contributed by atoms with Crippen LogP contribution in [0.15, 0.2) is 47.4 Å². The van der Waals surface area contributed by atoms with Gasteiger partial charge in [0.05, 0.1) is 5.69 Å². The van der Waals surface area contributed by atoms with Crippen LogP contribution in [0.25, 0.3) is 5.65 Å². The highest BCUT2D eigenvalue weighted by molar-refractivity contribution is 5.36. The van der Waals surface area contributed by atoms with Crippen LogP contribution in [0.3, 0.4) is 0 Å². The van der Waals surface area contributed by atoms with Gasteiger partial charge in [0.2, 0.25) is 0 Å². The molecule has 0 radical (unpaired) electrons. The van der Waals surface area contributed by atoms with Gasteiger partial charge in [-0.2, -0.15) is 0 Å². The number of hydrogen-bond acceptors (Lipinski definition) is 4. The van der Waals surface area contributed by atoms with Gasteiger partial charge in [0.15, 0.2) is 5.65 Å². The number of aromatic amines is 1. The first-order valence-electron chi connectivity index (χ1n) is 7.88. The standard InChI is InChI=1S/C17H17FN4O2/c18-12-1-3-14(4-2-12)24-15-6-8-21(11-15)10-13-9-17(23)22-16(20-13)5-7-19-22/h1-5,7,9,15,19H,6,8,10-11H2. The van der Waals surface area contributed by atoms with Gasteiger partial charge in [0.1, 0.15) is 17.7 Å². The van der Waals surface area contributed by atoms with Crippen molar-refractivity contribution in [1.82, 2.24) is 19.5 Å². The van der Waals surface area contributed by atoms with E-state index in [2.05, 4.69) is 15.0 Å². The van der Waals surface area contributed by atoms with Crippen molar-refractivity contribution in [1.29, 1.82) is 0 Å². The Hall–Kier alpha value is -2.67. The van der Waals surface area contributed by atoms with E-state index in [1.807, 2.05) is 0 Å². The Morgan fingerprint density at radius 1 is 1.29 bits per heavy atom. The maximum Gasteiger partial charge on any atom is 0.272 e. The van der Waals surface area contributed by atoms with Crippen LogP contribution >= 0.6 is 0 Å². The average molecular weight is 328 g/mol. The number of H-pyrrole nitrogens is 1. The molecule has 0 spiro atoms. The number of rotatable bonds is 4. The van der Waals surface area contributed by atoms with Crippen molar-refractivity contribution in [2.75, 3.05) is 13.1 Å². The van der Waals surface area contributed by atoms with Crippen LogP contribution in [0, 0.1) is 5.82 Å². The number of hydrogen-bond donors (Lipinski definition) is 1. The SMILES string of the molecule is O=c1cc(CN2CCC(Oc3ccc(F)cc3)C2)nc2cc[nH]n12. The number of benzene rings is 1. The third-order valence-electron chi connectivity index (χ3n) is 4.16. The summed E-state index contributed by atoms with van der Waals surface area (Å²) in [5.41, 5.74) is 1.26.